The first kappa shape index (κ1) is 20.0. The predicted molar refractivity (Wildman–Crippen MR) is 118 cm³/mol. The lowest BCUT2D eigenvalue weighted by Gasteiger charge is -2.33. The minimum atomic E-state index is -4.36. The molecular formula is C24H24F3NS. The molecule has 5 heteroatoms. The average molecular weight is 416 g/mol. The second-order valence-electron chi connectivity index (χ2n) is 8.55. The minimum absolute atomic E-state index is 0.0336. The van der Waals surface area contributed by atoms with E-state index in [1.807, 2.05) is 25.2 Å². The molecule has 1 aliphatic carbocycles. The van der Waals surface area contributed by atoms with Gasteiger partial charge in [-0.15, -0.1) is 11.3 Å². The van der Waals surface area contributed by atoms with E-state index in [1.54, 1.807) is 6.07 Å². The van der Waals surface area contributed by atoms with E-state index in [4.69, 9.17) is 0 Å². The molecule has 1 aliphatic rings. The first-order valence-corrected chi connectivity index (χ1v) is 10.6. The van der Waals surface area contributed by atoms with Crippen LogP contribution >= 0.6 is 11.3 Å². The van der Waals surface area contributed by atoms with E-state index in [-0.39, 0.29) is 5.41 Å². The maximum atomic E-state index is 13.6. The summed E-state index contributed by atoms with van der Waals surface area (Å²) in [7, 11) is 2.01. The van der Waals surface area contributed by atoms with Crippen LogP contribution in [0, 0.1) is 5.41 Å². The summed E-state index contributed by atoms with van der Waals surface area (Å²) in [6.45, 7) is 6.64. The summed E-state index contributed by atoms with van der Waals surface area (Å²) < 4.78 is 41.9. The van der Waals surface area contributed by atoms with E-state index >= 15 is 0 Å². The van der Waals surface area contributed by atoms with Crippen LogP contribution in [0.2, 0.25) is 0 Å². The monoisotopic (exact) mass is 415 g/mol. The lowest BCUT2D eigenvalue weighted by atomic mass is 9.80. The summed E-state index contributed by atoms with van der Waals surface area (Å²) in [5.74, 6) is 0. The first-order valence-electron chi connectivity index (χ1n) is 9.74. The van der Waals surface area contributed by atoms with Gasteiger partial charge in [-0.1, -0.05) is 51.1 Å². The van der Waals surface area contributed by atoms with Crippen molar-refractivity contribution in [3.8, 4) is 0 Å². The van der Waals surface area contributed by atoms with E-state index in [0.717, 1.165) is 34.3 Å². The SMILES string of the molecule is CN(C1=C(C(C)(C)C)CCC=C1)c1cccc2c1sc1c(C(F)(F)F)cccc12. The molecule has 4 rings (SSSR count). The van der Waals surface area contributed by atoms with E-state index in [1.165, 1.54) is 29.0 Å². The fourth-order valence-corrected chi connectivity index (χ4v) is 5.53. The van der Waals surface area contributed by atoms with Crippen molar-refractivity contribution >= 4 is 37.2 Å². The number of alkyl halides is 3. The molecule has 0 amide bonds. The number of likely N-dealkylation sites (N-methyl/N-ethyl adjacent to an activating group) is 1. The van der Waals surface area contributed by atoms with Gasteiger partial charge < -0.3 is 4.90 Å². The molecular weight excluding hydrogens is 391 g/mol. The molecule has 3 aromatic rings. The summed E-state index contributed by atoms with van der Waals surface area (Å²) in [5.41, 5.74) is 2.93. The largest absolute Gasteiger partial charge is 0.417 e. The summed E-state index contributed by atoms with van der Waals surface area (Å²) in [4.78, 5) is 2.14. The van der Waals surface area contributed by atoms with Gasteiger partial charge in [0.15, 0.2) is 0 Å². The van der Waals surface area contributed by atoms with E-state index in [9.17, 15) is 13.2 Å². The molecule has 0 N–H and O–H groups in total. The highest BCUT2D eigenvalue weighted by Gasteiger charge is 2.33. The molecule has 1 aromatic heterocycles. The molecule has 0 aliphatic heterocycles. The van der Waals surface area contributed by atoms with Crippen molar-refractivity contribution in [2.45, 2.75) is 39.8 Å². The molecule has 0 atom stereocenters. The van der Waals surface area contributed by atoms with Gasteiger partial charge in [0.05, 0.1) is 16.0 Å². The van der Waals surface area contributed by atoms with Crippen LogP contribution in [0.15, 0.2) is 59.8 Å². The quantitative estimate of drug-likeness (QED) is 0.408. The zero-order valence-electron chi connectivity index (χ0n) is 17.0. The Morgan fingerprint density at radius 3 is 2.24 bits per heavy atom. The van der Waals surface area contributed by atoms with Gasteiger partial charge >= 0.3 is 6.18 Å². The van der Waals surface area contributed by atoms with Crippen LogP contribution in [0.4, 0.5) is 18.9 Å². The van der Waals surface area contributed by atoms with Crippen molar-refractivity contribution in [2.24, 2.45) is 5.41 Å². The number of hydrogen-bond donors (Lipinski definition) is 0. The minimum Gasteiger partial charge on any atom is -0.343 e. The van der Waals surface area contributed by atoms with Crippen LogP contribution in [0.5, 0.6) is 0 Å². The standard InChI is InChI=1S/C24H24F3NS/c1-23(2,3)17-11-5-6-13-19(17)28(4)20-14-8-10-16-15-9-7-12-18(24(25,26)27)21(15)29-22(16)20/h6-10,12-14H,5,11H2,1-4H3. The molecule has 1 nitrogen and oxygen atoms in total. The smallest absolute Gasteiger partial charge is 0.343 e. The summed E-state index contributed by atoms with van der Waals surface area (Å²) in [6.07, 6.45) is 1.98. The number of rotatable bonds is 2. The van der Waals surface area contributed by atoms with Crippen molar-refractivity contribution in [2.75, 3.05) is 11.9 Å². The van der Waals surface area contributed by atoms with Crippen LogP contribution in [-0.2, 0) is 6.18 Å². The molecule has 2 aromatic carbocycles. The summed E-state index contributed by atoms with van der Waals surface area (Å²) in [5, 5.41) is 1.54. The van der Waals surface area contributed by atoms with Crippen LogP contribution in [-0.4, -0.2) is 7.05 Å². The maximum Gasteiger partial charge on any atom is 0.417 e. The van der Waals surface area contributed by atoms with Gasteiger partial charge in [0.1, 0.15) is 0 Å². The highest BCUT2D eigenvalue weighted by atomic mass is 32.1. The molecule has 1 heterocycles. The second kappa shape index (κ2) is 6.91. The number of anilines is 1. The highest BCUT2D eigenvalue weighted by Crippen LogP contribution is 2.46. The third kappa shape index (κ3) is 3.46. The topological polar surface area (TPSA) is 3.24 Å². The Labute approximate surface area is 173 Å². The number of benzene rings is 2. The van der Waals surface area contributed by atoms with Crippen LogP contribution in [0.25, 0.3) is 20.2 Å². The Balaban J connectivity index is 1.96. The summed E-state index contributed by atoms with van der Waals surface area (Å²) >= 11 is 1.23. The number of fused-ring (bicyclic) bond motifs is 3. The van der Waals surface area contributed by atoms with Gasteiger partial charge in [-0.25, -0.2) is 0 Å². The zero-order chi connectivity index (χ0) is 21.0. The Kier molecular flexibility index (Phi) is 4.77. The predicted octanol–water partition coefficient (Wildman–Crippen LogP) is 8.16. The second-order valence-corrected chi connectivity index (χ2v) is 9.57. The number of thiophene rings is 1. The molecule has 152 valence electrons. The molecule has 0 bridgehead atoms. The van der Waals surface area contributed by atoms with Gasteiger partial charge in [0.25, 0.3) is 0 Å². The van der Waals surface area contributed by atoms with Gasteiger partial charge in [-0.3, -0.25) is 0 Å². The van der Waals surface area contributed by atoms with Gasteiger partial charge in [-0.05, 0) is 42.0 Å². The summed E-state index contributed by atoms with van der Waals surface area (Å²) in [6, 6.07) is 10.3. The van der Waals surface area contributed by atoms with Gasteiger partial charge in [0, 0.05) is 28.2 Å². The maximum absolute atomic E-state index is 13.6. The number of nitrogens with zero attached hydrogens (tertiary/aromatic N) is 1. The molecule has 29 heavy (non-hydrogen) atoms. The third-order valence-electron chi connectivity index (χ3n) is 5.58. The third-order valence-corrected chi connectivity index (χ3v) is 6.86. The average Bonchev–Trinajstić information content (AvgIpc) is 3.04. The van der Waals surface area contributed by atoms with Gasteiger partial charge in [0.2, 0.25) is 0 Å². The van der Waals surface area contributed by atoms with Crippen LogP contribution in [0.3, 0.4) is 0 Å². The van der Waals surface area contributed by atoms with Crippen molar-refractivity contribution in [1.29, 1.82) is 0 Å². The van der Waals surface area contributed by atoms with E-state index in [0.29, 0.717) is 10.1 Å². The van der Waals surface area contributed by atoms with Crippen LogP contribution in [0.1, 0.15) is 39.2 Å². The first-order chi connectivity index (χ1) is 13.6. The van der Waals surface area contributed by atoms with Crippen molar-refractivity contribution in [1.82, 2.24) is 0 Å². The number of hydrogen-bond acceptors (Lipinski definition) is 2. The fourth-order valence-electron chi connectivity index (χ4n) is 4.15. The fraction of sp³-hybridized carbons (Fsp3) is 0.333. The normalized spacial score (nSPS) is 15.6. The van der Waals surface area contributed by atoms with Crippen molar-refractivity contribution in [3.63, 3.8) is 0 Å². The van der Waals surface area contributed by atoms with E-state index in [2.05, 4.69) is 37.8 Å². The zero-order valence-corrected chi connectivity index (χ0v) is 17.8. The van der Waals surface area contributed by atoms with Crippen molar-refractivity contribution in [3.05, 3.63) is 65.4 Å². The van der Waals surface area contributed by atoms with Gasteiger partial charge in [-0.2, -0.15) is 13.2 Å². The number of halogens is 3. The lowest BCUT2D eigenvalue weighted by Crippen LogP contribution is -2.23. The Morgan fingerprint density at radius 2 is 1.59 bits per heavy atom. The Hall–Kier alpha value is -2.27. The van der Waals surface area contributed by atoms with Crippen LogP contribution < -0.4 is 4.90 Å². The number of allylic oxidation sites excluding steroid dienone is 3. The van der Waals surface area contributed by atoms with E-state index < -0.39 is 11.7 Å². The lowest BCUT2D eigenvalue weighted by molar-refractivity contribution is -0.136. The molecule has 0 fully saturated rings. The molecule has 0 spiro atoms. The Bertz CT molecular complexity index is 1140. The Morgan fingerprint density at radius 1 is 0.931 bits per heavy atom. The molecule has 0 unspecified atom stereocenters. The molecule has 0 radical (unpaired) electrons. The van der Waals surface area contributed by atoms with Crippen molar-refractivity contribution < 1.29 is 13.2 Å². The highest BCUT2D eigenvalue weighted by molar-refractivity contribution is 7.26. The molecule has 0 saturated carbocycles. The molecule has 0 saturated heterocycles.